The molecule has 0 saturated carbocycles. The standard InChI is InChI=1S/C14H11ClN2O4/c1-9-2-3-10(15)8-12(9)16-13(18)6-4-11-5-7-14(21-11)17(19)20/h2-8H,1H3,(H,16,18)/b6-4+. The highest BCUT2D eigenvalue weighted by molar-refractivity contribution is 6.31. The van der Waals surface area contributed by atoms with E-state index in [2.05, 4.69) is 5.32 Å². The Morgan fingerprint density at radius 3 is 2.81 bits per heavy atom. The lowest BCUT2D eigenvalue weighted by Gasteiger charge is -2.06. The zero-order valence-electron chi connectivity index (χ0n) is 11.0. The number of benzene rings is 1. The van der Waals surface area contributed by atoms with Gasteiger partial charge in [-0.05, 0) is 36.8 Å². The largest absolute Gasteiger partial charge is 0.433 e. The molecule has 7 heteroatoms. The quantitative estimate of drug-likeness (QED) is 0.529. The van der Waals surface area contributed by atoms with E-state index >= 15 is 0 Å². The monoisotopic (exact) mass is 306 g/mol. The Hall–Kier alpha value is -2.60. The van der Waals surface area contributed by atoms with Gasteiger partial charge in [0.1, 0.15) is 10.7 Å². The molecule has 0 aliphatic heterocycles. The van der Waals surface area contributed by atoms with Crippen LogP contribution in [0.4, 0.5) is 11.6 Å². The molecule has 0 bridgehead atoms. The van der Waals surface area contributed by atoms with Gasteiger partial charge in [-0.1, -0.05) is 17.7 Å². The first-order chi connectivity index (χ1) is 9.95. The van der Waals surface area contributed by atoms with Crippen molar-refractivity contribution in [1.82, 2.24) is 0 Å². The summed E-state index contributed by atoms with van der Waals surface area (Å²) in [6.45, 7) is 1.84. The van der Waals surface area contributed by atoms with Crippen LogP contribution >= 0.6 is 11.6 Å². The van der Waals surface area contributed by atoms with Gasteiger partial charge in [-0.3, -0.25) is 14.9 Å². The van der Waals surface area contributed by atoms with Crippen molar-refractivity contribution in [2.75, 3.05) is 5.32 Å². The topological polar surface area (TPSA) is 85.4 Å². The molecule has 2 aromatic rings. The highest BCUT2D eigenvalue weighted by Crippen LogP contribution is 2.20. The van der Waals surface area contributed by atoms with Crippen LogP contribution in [0.1, 0.15) is 11.3 Å². The molecule has 108 valence electrons. The number of anilines is 1. The highest BCUT2D eigenvalue weighted by Gasteiger charge is 2.10. The lowest BCUT2D eigenvalue weighted by Crippen LogP contribution is -2.08. The third kappa shape index (κ3) is 3.93. The molecule has 0 saturated heterocycles. The number of furan rings is 1. The minimum atomic E-state index is -0.646. The fourth-order valence-corrected chi connectivity index (χ4v) is 1.76. The smallest absolute Gasteiger partial charge is 0.401 e. The maximum Gasteiger partial charge on any atom is 0.433 e. The van der Waals surface area contributed by atoms with Gasteiger partial charge in [0.15, 0.2) is 0 Å². The molecule has 0 atom stereocenters. The van der Waals surface area contributed by atoms with Gasteiger partial charge >= 0.3 is 5.88 Å². The second-order valence-electron chi connectivity index (χ2n) is 4.21. The van der Waals surface area contributed by atoms with Gasteiger partial charge in [-0.25, -0.2) is 0 Å². The summed E-state index contributed by atoms with van der Waals surface area (Å²) in [5.74, 6) is -0.542. The summed E-state index contributed by atoms with van der Waals surface area (Å²) >= 11 is 5.86. The Morgan fingerprint density at radius 1 is 1.38 bits per heavy atom. The number of amides is 1. The second kappa shape index (κ2) is 6.23. The van der Waals surface area contributed by atoms with E-state index in [0.717, 1.165) is 5.56 Å². The Morgan fingerprint density at radius 2 is 2.14 bits per heavy atom. The van der Waals surface area contributed by atoms with E-state index < -0.39 is 4.92 Å². The van der Waals surface area contributed by atoms with E-state index in [4.69, 9.17) is 16.0 Å². The number of rotatable bonds is 4. The molecule has 0 aliphatic carbocycles. The summed E-state index contributed by atoms with van der Waals surface area (Å²) in [5, 5.41) is 13.6. The molecule has 0 unspecified atom stereocenters. The highest BCUT2D eigenvalue weighted by atomic mass is 35.5. The molecule has 0 radical (unpaired) electrons. The number of halogens is 1. The maximum absolute atomic E-state index is 11.8. The van der Waals surface area contributed by atoms with Crippen molar-refractivity contribution >= 4 is 35.2 Å². The number of aryl methyl sites for hydroxylation is 1. The fourth-order valence-electron chi connectivity index (χ4n) is 1.59. The second-order valence-corrected chi connectivity index (χ2v) is 4.65. The van der Waals surface area contributed by atoms with Gasteiger partial charge in [-0.15, -0.1) is 0 Å². The van der Waals surface area contributed by atoms with E-state index in [1.165, 1.54) is 24.3 Å². The van der Waals surface area contributed by atoms with E-state index in [1.807, 2.05) is 6.92 Å². The van der Waals surface area contributed by atoms with E-state index in [9.17, 15) is 14.9 Å². The summed E-state index contributed by atoms with van der Waals surface area (Å²) in [5.41, 5.74) is 1.47. The van der Waals surface area contributed by atoms with Crippen LogP contribution in [0.2, 0.25) is 5.02 Å². The summed E-state index contributed by atoms with van der Waals surface area (Å²) in [4.78, 5) is 21.6. The van der Waals surface area contributed by atoms with Gasteiger partial charge in [0.25, 0.3) is 0 Å². The number of hydrogen-bond acceptors (Lipinski definition) is 4. The molecule has 0 aliphatic rings. The van der Waals surface area contributed by atoms with Crippen LogP contribution in [0.3, 0.4) is 0 Å². The summed E-state index contributed by atoms with van der Waals surface area (Å²) in [7, 11) is 0. The van der Waals surface area contributed by atoms with E-state index in [-0.39, 0.29) is 17.6 Å². The van der Waals surface area contributed by atoms with Gasteiger partial charge in [0, 0.05) is 16.8 Å². The van der Waals surface area contributed by atoms with Crippen LogP contribution in [0, 0.1) is 17.0 Å². The van der Waals surface area contributed by atoms with Crippen molar-refractivity contribution in [3.05, 3.63) is 62.9 Å². The first-order valence-corrected chi connectivity index (χ1v) is 6.33. The van der Waals surface area contributed by atoms with Crippen LogP contribution in [0.5, 0.6) is 0 Å². The minimum absolute atomic E-state index is 0.222. The average molecular weight is 307 g/mol. The van der Waals surface area contributed by atoms with Crippen LogP contribution in [0.15, 0.2) is 40.8 Å². The number of carbonyl (C=O) groups is 1. The van der Waals surface area contributed by atoms with Crippen LogP contribution in [-0.2, 0) is 4.79 Å². The molecular weight excluding hydrogens is 296 g/mol. The number of carbonyl (C=O) groups excluding carboxylic acids is 1. The zero-order chi connectivity index (χ0) is 15.4. The van der Waals surface area contributed by atoms with E-state index in [0.29, 0.717) is 10.7 Å². The molecule has 6 nitrogen and oxygen atoms in total. The van der Waals surface area contributed by atoms with Crippen molar-refractivity contribution in [3.8, 4) is 0 Å². The first-order valence-electron chi connectivity index (χ1n) is 5.95. The number of hydrogen-bond donors (Lipinski definition) is 1. The molecule has 1 heterocycles. The normalized spacial score (nSPS) is 10.8. The fraction of sp³-hybridized carbons (Fsp3) is 0.0714. The van der Waals surface area contributed by atoms with Crippen LogP contribution in [0.25, 0.3) is 6.08 Å². The van der Waals surface area contributed by atoms with Crippen LogP contribution in [-0.4, -0.2) is 10.8 Å². The summed E-state index contributed by atoms with van der Waals surface area (Å²) in [6.07, 6.45) is 2.57. The maximum atomic E-state index is 11.8. The van der Waals surface area contributed by atoms with Crippen molar-refractivity contribution in [2.45, 2.75) is 6.92 Å². The Balaban J connectivity index is 2.05. The molecular formula is C14H11ClN2O4. The Labute approximate surface area is 125 Å². The number of nitro groups is 1. The van der Waals surface area contributed by atoms with Gasteiger partial charge < -0.3 is 9.73 Å². The third-order valence-corrected chi connectivity index (χ3v) is 2.88. The van der Waals surface area contributed by atoms with Crippen LogP contribution < -0.4 is 5.32 Å². The van der Waals surface area contributed by atoms with Crippen molar-refractivity contribution in [1.29, 1.82) is 0 Å². The third-order valence-electron chi connectivity index (χ3n) is 2.65. The Bertz CT molecular complexity index is 722. The van der Waals surface area contributed by atoms with E-state index in [1.54, 1.807) is 18.2 Å². The molecule has 1 aromatic carbocycles. The Kier molecular flexibility index (Phi) is 4.39. The zero-order valence-corrected chi connectivity index (χ0v) is 11.8. The van der Waals surface area contributed by atoms with Crippen molar-refractivity contribution in [2.24, 2.45) is 0 Å². The molecule has 1 aromatic heterocycles. The molecule has 0 spiro atoms. The first kappa shape index (κ1) is 14.8. The predicted molar refractivity (Wildman–Crippen MR) is 79.2 cm³/mol. The molecule has 0 fully saturated rings. The molecule has 1 amide bonds. The number of nitrogens with zero attached hydrogens (tertiary/aromatic N) is 1. The van der Waals surface area contributed by atoms with Gasteiger partial charge in [-0.2, -0.15) is 0 Å². The molecule has 21 heavy (non-hydrogen) atoms. The lowest BCUT2D eigenvalue weighted by atomic mass is 10.2. The SMILES string of the molecule is Cc1ccc(Cl)cc1NC(=O)/C=C/c1ccc([N+](=O)[O-])o1. The molecule has 1 N–H and O–H groups in total. The van der Waals surface area contributed by atoms with Gasteiger partial charge in [0.05, 0.1) is 6.07 Å². The summed E-state index contributed by atoms with van der Waals surface area (Å²) in [6, 6.07) is 7.79. The number of nitrogens with one attached hydrogen (secondary N) is 1. The van der Waals surface area contributed by atoms with Crippen molar-refractivity contribution in [3.63, 3.8) is 0 Å². The van der Waals surface area contributed by atoms with Gasteiger partial charge in [0.2, 0.25) is 5.91 Å². The lowest BCUT2D eigenvalue weighted by molar-refractivity contribution is -0.402. The summed E-state index contributed by atoms with van der Waals surface area (Å²) < 4.78 is 4.90. The molecule has 2 rings (SSSR count). The minimum Gasteiger partial charge on any atom is -0.401 e. The predicted octanol–water partition coefficient (Wildman–Crippen LogP) is 3.80. The van der Waals surface area contributed by atoms with Crippen molar-refractivity contribution < 1.29 is 14.1 Å². The average Bonchev–Trinajstić information content (AvgIpc) is 2.90.